The van der Waals surface area contributed by atoms with Crippen molar-refractivity contribution in [2.24, 2.45) is 0 Å². The molecular formula is C16H27NO4. The van der Waals surface area contributed by atoms with Crippen LogP contribution in [-0.2, 0) is 14.3 Å². The van der Waals surface area contributed by atoms with Gasteiger partial charge in [0.15, 0.2) is 0 Å². The number of hydrogen-bond donors (Lipinski definition) is 1. The summed E-state index contributed by atoms with van der Waals surface area (Å²) in [4.78, 5) is 13.2. The van der Waals surface area contributed by atoms with E-state index in [1.807, 2.05) is 0 Å². The van der Waals surface area contributed by atoms with Gasteiger partial charge in [-0.25, -0.2) is 4.79 Å². The van der Waals surface area contributed by atoms with E-state index in [4.69, 9.17) is 14.6 Å². The first-order valence-corrected chi connectivity index (χ1v) is 8.02. The third-order valence-electron chi connectivity index (χ3n) is 4.23. The predicted molar refractivity (Wildman–Crippen MR) is 80.4 cm³/mol. The van der Waals surface area contributed by atoms with Crippen LogP contribution in [0, 0.1) is 0 Å². The fourth-order valence-electron chi connectivity index (χ4n) is 3.03. The first-order valence-electron chi connectivity index (χ1n) is 8.02. The minimum atomic E-state index is -0.889. The third-order valence-corrected chi connectivity index (χ3v) is 4.23. The molecule has 5 heteroatoms. The Morgan fingerprint density at radius 2 is 1.71 bits per heavy atom. The summed E-state index contributed by atoms with van der Waals surface area (Å²) in [6.45, 7) is 8.07. The molecule has 0 amide bonds. The van der Waals surface area contributed by atoms with Crippen LogP contribution in [0.5, 0.6) is 0 Å². The second-order valence-electron chi connectivity index (χ2n) is 6.04. The molecule has 0 aromatic heterocycles. The first-order chi connectivity index (χ1) is 10.1. The Labute approximate surface area is 126 Å². The zero-order valence-corrected chi connectivity index (χ0v) is 12.8. The van der Waals surface area contributed by atoms with Gasteiger partial charge in [0.1, 0.15) is 0 Å². The number of carboxylic acid groups (broad SMARTS) is 1. The minimum absolute atomic E-state index is 0.296. The summed E-state index contributed by atoms with van der Waals surface area (Å²) in [6.07, 6.45) is 6.58. The van der Waals surface area contributed by atoms with Crippen molar-refractivity contribution >= 4 is 5.97 Å². The van der Waals surface area contributed by atoms with Gasteiger partial charge < -0.3 is 14.6 Å². The van der Waals surface area contributed by atoms with Crippen LogP contribution in [-0.4, -0.2) is 61.0 Å². The highest BCUT2D eigenvalue weighted by Crippen LogP contribution is 2.18. The zero-order valence-electron chi connectivity index (χ0n) is 12.8. The number of carboxylic acids is 1. The Balaban J connectivity index is 1.75. The van der Waals surface area contributed by atoms with Crippen LogP contribution in [0.1, 0.15) is 38.5 Å². The van der Waals surface area contributed by atoms with Gasteiger partial charge in [-0.15, -0.1) is 0 Å². The predicted octanol–water partition coefficient (Wildman–Crippen LogP) is 2.07. The van der Waals surface area contributed by atoms with Crippen molar-refractivity contribution < 1.29 is 19.4 Å². The zero-order chi connectivity index (χ0) is 15.1. The molecule has 0 radical (unpaired) electrons. The van der Waals surface area contributed by atoms with Crippen LogP contribution in [0.25, 0.3) is 0 Å². The Morgan fingerprint density at radius 1 is 1.14 bits per heavy atom. The van der Waals surface area contributed by atoms with Gasteiger partial charge in [-0.1, -0.05) is 6.58 Å². The molecule has 0 bridgehead atoms. The molecule has 2 rings (SSSR count). The molecule has 2 atom stereocenters. The van der Waals surface area contributed by atoms with Gasteiger partial charge in [0.25, 0.3) is 0 Å². The maximum Gasteiger partial charge on any atom is 0.330 e. The molecule has 2 heterocycles. The number of aliphatic carboxylic acids is 1. The van der Waals surface area contributed by atoms with Crippen molar-refractivity contribution in [3.63, 3.8) is 0 Å². The van der Waals surface area contributed by atoms with E-state index < -0.39 is 5.97 Å². The summed E-state index contributed by atoms with van der Waals surface area (Å²) >= 11 is 0. The maximum absolute atomic E-state index is 10.8. The van der Waals surface area contributed by atoms with E-state index in [-0.39, 0.29) is 0 Å². The average Bonchev–Trinajstić information content (AvgIpc) is 3.11. The SMILES string of the molecule is C=C(CCCN(CC1CCCO1)CC1CCCO1)C(=O)O. The summed E-state index contributed by atoms with van der Waals surface area (Å²) in [5.41, 5.74) is 0.296. The van der Waals surface area contributed by atoms with Gasteiger partial charge >= 0.3 is 5.97 Å². The number of carbonyl (C=O) groups is 1. The summed E-state index contributed by atoms with van der Waals surface area (Å²) in [5.74, 6) is -0.889. The second kappa shape index (κ2) is 8.51. The fourth-order valence-corrected chi connectivity index (χ4v) is 3.03. The van der Waals surface area contributed by atoms with E-state index in [0.29, 0.717) is 24.2 Å². The average molecular weight is 297 g/mol. The van der Waals surface area contributed by atoms with Crippen molar-refractivity contribution in [1.82, 2.24) is 4.90 Å². The van der Waals surface area contributed by atoms with Gasteiger partial charge in [-0.3, -0.25) is 4.90 Å². The Hall–Kier alpha value is -0.910. The summed E-state index contributed by atoms with van der Waals surface area (Å²) in [6, 6.07) is 0. The lowest BCUT2D eigenvalue weighted by Gasteiger charge is -2.27. The van der Waals surface area contributed by atoms with Gasteiger partial charge in [-0.2, -0.15) is 0 Å². The summed E-state index contributed by atoms with van der Waals surface area (Å²) in [7, 11) is 0. The van der Waals surface area contributed by atoms with Gasteiger partial charge in [0, 0.05) is 31.9 Å². The van der Waals surface area contributed by atoms with E-state index in [1.165, 1.54) is 0 Å². The van der Waals surface area contributed by atoms with Crippen molar-refractivity contribution in [3.05, 3.63) is 12.2 Å². The van der Waals surface area contributed by atoms with E-state index in [0.717, 1.165) is 65.0 Å². The largest absolute Gasteiger partial charge is 0.478 e. The molecule has 2 fully saturated rings. The van der Waals surface area contributed by atoms with E-state index >= 15 is 0 Å². The molecule has 21 heavy (non-hydrogen) atoms. The van der Waals surface area contributed by atoms with Crippen LogP contribution in [0.3, 0.4) is 0 Å². The standard InChI is InChI=1S/C16H27NO4/c1-13(16(18)19)5-2-8-17(11-14-6-3-9-20-14)12-15-7-4-10-21-15/h14-15H,1-12H2,(H,18,19). The highest BCUT2D eigenvalue weighted by Gasteiger charge is 2.23. The third kappa shape index (κ3) is 5.77. The van der Waals surface area contributed by atoms with Crippen LogP contribution in [0.4, 0.5) is 0 Å². The lowest BCUT2D eigenvalue weighted by molar-refractivity contribution is -0.132. The van der Waals surface area contributed by atoms with Gasteiger partial charge in [-0.05, 0) is 45.1 Å². The molecule has 2 aliphatic rings. The molecule has 2 saturated heterocycles. The first kappa shape index (κ1) is 16.5. The van der Waals surface area contributed by atoms with Crippen molar-refractivity contribution in [2.75, 3.05) is 32.8 Å². The quantitative estimate of drug-likeness (QED) is 0.660. The smallest absolute Gasteiger partial charge is 0.330 e. The maximum atomic E-state index is 10.8. The topological polar surface area (TPSA) is 59.0 Å². The van der Waals surface area contributed by atoms with Crippen LogP contribution >= 0.6 is 0 Å². The van der Waals surface area contributed by atoms with Crippen LogP contribution < -0.4 is 0 Å². The van der Waals surface area contributed by atoms with Gasteiger partial charge in [0.05, 0.1) is 12.2 Å². The van der Waals surface area contributed by atoms with E-state index in [2.05, 4.69) is 11.5 Å². The lowest BCUT2D eigenvalue weighted by Crippen LogP contribution is -2.38. The van der Waals surface area contributed by atoms with Crippen molar-refractivity contribution in [3.8, 4) is 0 Å². The number of nitrogens with zero attached hydrogens (tertiary/aromatic N) is 1. The Kier molecular flexibility index (Phi) is 6.67. The molecule has 0 saturated carbocycles. The number of ether oxygens (including phenoxy) is 2. The van der Waals surface area contributed by atoms with Crippen LogP contribution in [0.2, 0.25) is 0 Å². The Morgan fingerprint density at radius 3 is 2.14 bits per heavy atom. The fraction of sp³-hybridized carbons (Fsp3) is 0.812. The second-order valence-corrected chi connectivity index (χ2v) is 6.04. The molecule has 120 valence electrons. The number of rotatable bonds is 9. The molecule has 2 aliphatic heterocycles. The highest BCUT2D eigenvalue weighted by atomic mass is 16.5. The molecule has 2 unspecified atom stereocenters. The van der Waals surface area contributed by atoms with Crippen molar-refractivity contribution in [1.29, 1.82) is 0 Å². The molecule has 0 aromatic carbocycles. The summed E-state index contributed by atoms with van der Waals surface area (Å²) < 4.78 is 11.4. The normalized spacial score (nSPS) is 25.6. The molecule has 0 spiro atoms. The minimum Gasteiger partial charge on any atom is -0.478 e. The number of hydrogen-bond acceptors (Lipinski definition) is 4. The summed E-state index contributed by atoms with van der Waals surface area (Å²) in [5, 5.41) is 8.85. The van der Waals surface area contributed by atoms with E-state index in [9.17, 15) is 4.79 Å². The van der Waals surface area contributed by atoms with Crippen LogP contribution in [0.15, 0.2) is 12.2 Å². The molecule has 1 N–H and O–H groups in total. The Bertz CT molecular complexity index is 328. The highest BCUT2D eigenvalue weighted by molar-refractivity contribution is 5.85. The molecule has 5 nitrogen and oxygen atoms in total. The molecule has 0 aliphatic carbocycles. The van der Waals surface area contributed by atoms with E-state index in [1.54, 1.807) is 0 Å². The monoisotopic (exact) mass is 297 g/mol. The molecular weight excluding hydrogens is 270 g/mol. The lowest BCUT2D eigenvalue weighted by atomic mass is 10.1. The molecule has 0 aromatic rings. The van der Waals surface area contributed by atoms with Crippen molar-refractivity contribution in [2.45, 2.75) is 50.7 Å². The van der Waals surface area contributed by atoms with Gasteiger partial charge in [0.2, 0.25) is 0 Å².